The molecule has 0 radical (unpaired) electrons. The lowest BCUT2D eigenvalue weighted by molar-refractivity contribution is -0.0173. The molecular weight excluding hydrogens is 206 g/mol. The highest BCUT2D eigenvalue weighted by Gasteiger charge is 2.28. The first-order chi connectivity index (χ1) is 7.79. The molecule has 0 aromatic carbocycles. The summed E-state index contributed by atoms with van der Waals surface area (Å²) in [6.45, 7) is 3.03. The van der Waals surface area contributed by atoms with Gasteiger partial charge in [-0.1, -0.05) is 0 Å². The molecule has 0 aromatic rings. The van der Waals surface area contributed by atoms with E-state index in [9.17, 15) is 4.79 Å². The molecule has 1 saturated carbocycles. The zero-order valence-corrected chi connectivity index (χ0v) is 9.87. The molecule has 2 amide bonds. The van der Waals surface area contributed by atoms with Gasteiger partial charge in [-0.15, -0.1) is 0 Å². The van der Waals surface area contributed by atoms with Gasteiger partial charge >= 0.3 is 6.03 Å². The molecule has 1 heterocycles. The van der Waals surface area contributed by atoms with Crippen LogP contribution >= 0.6 is 0 Å². The Morgan fingerprint density at radius 2 is 2.31 bits per heavy atom. The molecule has 92 valence electrons. The van der Waals surface area contributed by atoms with E-state index in [1.165, 1.54) is 0 Å². The Morgan fingerprint density at radius 1 is 1.50 bits per heavy atom. The van der Waals surface area contributed by atoms with E-state index < -0.39 is 0 Å². The van der Waals surface area contributed by atoms with Crippen molar-refractivity contribution in [1.29, 1.82) is 0 Å². The average molecular weight is 227 g/mol. The standard InChI is InChI=1S/C11H21N3O2/c1-12-5-4-10-8-14(6-7-16-10)11(15)13-9-2-3-9/h9-10,12H,2-8H2,1H3,(H,13,15). The largest absolute Gasteiger partial charge is 0.374 e. The van der Waals surface area contributed by atoms with Gasteiger partial charge in [-0.2, -0.15) is 0 Å². The van der Waals surface area contributed by atoms with E-state index >= 15 is 0 Å². The first kappa shape index (κ1) is 11.7. The van der Waals surface area contributed by atoms with E-state index in [1.807, 2.05) is 11.9 Å². The summed E-state index contributed by atoms with van der Waals surface area (Å²) in [5.74, 6) is 0. The van der Waals surface area contributed by atoms with E-state index in [2.05, 4.69) is 10.6 Å². The number of urea groups is 1. The molecule has 16 heavy (non-hydrogen) atoms. The van der Waals surface area contributed by atoms with E-state index in [-0.39, 0.29) is 12.1 Å². The van der Waals surface area contributed by atoms with Gasteiger partial charge in [0, 0.05) is 19.1 Å². The molecule has 1 atom stereocenters. The van der Waals surface area contributed by atoms with Crippen molar-refractivity contribution in [2.24, 2.45) is 0 Å². The normalized spacial score (nSPS) is 25.6. The third kappa shape index (κ3) is 3.35. The van der Waals surface area contributed by atoms with Crippen LogP contribution < -0.4 is 10.6 Å². The molecule has 5 nitrogen and oxygen atoms in total. The quantitative estimate of drug-likeness (QED) is 0.720. The molecule has 1 unspecified atom stereocenters. The molecule has 2 rings (SSSR count). The minimum absolute atomic E-state index is 0.0836. The van der Waals surface area contributed by atoms with Crippen LogP contribution in [0, 0.1) is 0 Å². The lowest BCUT2D eigenvalue weighted by atomic mass is 10.2. The lowest BCUT2D eigenvalue weighted by Crippen LogP contribution is -2.50. The molecular formula is C11H21N3O2. The van der Waals surface area contributed by atoms with Crippen LogP contribution in [0.4, 0.5) is 4.79 Å². The summed E-state index contributed by atoms with van der Waals surface area (Å²) >= 11 is 0. The second-order valence-corrected chi connectivity index (χ2v) is 4.55. The highest BCUT2D eigenvalue weighted by atomic mass is 16.5. The van der Waals surface area contributed by atoms with E-state index in [4.69, 9.17) is 4.74 Å². The van der Waals surface area contributed by atoms with Gasteiger partial charge in [0.05, 0.1) is 12.7 Å². The first-order valence-electron chi connectivity index (χ1n) is 6.11. The second kappa shape index (κ2) is 5.50. The van der Waals surface area contributed by atoms with Gasteiger partial charge in [0.1, 0.15) is 0 Å². The third-order valence-electron chi connectivity index (χ3n) is 3.05. The highest BCUT2D eigenvalue weighted by Crippen LogP contribution is 2.19. The topological polar surface area (TPSA) is 53.6 Å². The Balaban J connectivity index is 1.73. The number of carbonyl (C=O) groups is 1. The molecule has 0 spiro atoms. The molecule has 1 saturated heterocycles. The zero-order chi connectivity index (χ0) is 11.4. The molecule has 0 aromatic heterocycles. The molecule has 2 N–H and O–H groups in total. The molecule has 5 heteroatoms. The minimum atomic E-state index is 0.0836. The first-order valence-corrected chi connectivity index (χ1v) is 6.11. The van der Waals surface area contributed by atoms with Gasteiger partial charge in [0.15, 0.2) is 0 Å². The van der Waals surface area contributed by atoms with Crippen molar-refractivity contribution in [1.82, 2.24) is 15.5 Å². The monoisotopic (exact) mass is 227 g/mol. The summed E-state index contributed by atoms with van der Waals surface area (Å²) in [6.07, 6.45) is 3.42. The summed E-state index contributed by atoms with van der Waals surface area (Å²) in [7, 11) is 1.93. The SMILES string of the molecule is CNCCC1CN(C(=O)NC2CC2)CCO1. The number of rotatable bonds is 4. The number of hydrogen-bond donors (Lipinski definition) is 2. The van der Waals surface area contributed by atoms with Crippen molar-refractivity contribution in [3.63, 3.8) is 0 Å². The molecule has 0 bridgehead atoms. The van der Waals surface area contributed by atoms with Crippen molar-refractivity contribution in [2.45, 2.75) is 31.4 Å². The van der Waals surface area contributed by atoms with Crippen molar-refractivity contribution < 1.29 is 9.53 Å². The number of nitrogens with one attached hydrogen (secondary N) is 2. The summed E-state index contributed by atoms with van der Waals surface area (Å²) < 4.78 is 5.62. The van der Waals surface area contributed by atoms with Gasteiger partial charge in [-0.05, 0) is 32.9 Å². The van der Waals surface area contributed by atoms with Gasteiger partial charge in [0.25, 0.3) is 0 Å². The minimum Gasteiger partial charge on any atom is -0.374 e. The van der Waals surface area contributed by atoms with Crippen LogP contribution in [0.5, 0.6) is 0 Å². The number of hydrogen-bond acceptors (Lipinski definition) is 3. The van der Waals surface area contributed by atoms with Crippen molar-refractivity contribution in [3.8, 4) is 0 Å². The van der Waals surface area contributed by atoms with Gasteiger partial charge in [0.2, 0.25) is 0 Å². The Morgan fingerprint density at radius 3 is 3.00 bits per heavy atom. The van der Waals surface area contributed by atoms with Crippen LogP contribution in [0.15, 0.2) is 0 Å². The number of morpholine rings is 1. The Labute approximate surface area is 96.5 Å². The smallest absolute Gasteiger partial charge is 0.317 e. The molecule has 1 aliphatic carbocycles. The lowest BCUT2D eigenvalue weighted by Gasteiger charge is -2.33. The van der Waals surface area contributed by atoms with Crippen molar-refractivity contribution >= 4 is 6.03 Å². The van der Waals surface area contributed by atoms with Crippen molar-refractivity contribution in [3.05, 3.63) is 0 Å². The van der Waals surface area contributed by atoms with E-state index in [1.54, 1.807) is 0 Å². The maximum atomic E-state index is 11.8. The average Bonchev–Trinajstić information content (AvgIpc) is 3.10. The van der Waals surface area contributed by atoms with Crippen LogP contribution in [0.25, 0.3) is 0 Å². The van der Waals surface area contributed by atoms with Crippen LogP contribution in [0.2, 0.25) is 0 Å². The van der Waals surface area contributed by atoms with Gasteiger partial charge in [-0.25, -0.2) is 4.79 Å². The maximum Gasteiger partial charge on any atom is 0.317 e. The summed E-state index contributed by atoms with van der Waals surface area (Å²) in [5, 5.41) is 6.12. The van der Waals surface area contributed by atoms with Gasteiger partial charge in [-0.3, -0.25) is 0 Å². The predicted octanol–water partition coefficient (Wildman–Crippen LogP) is 0.169. The molecule has 2 aliphatic rings. The number of ether oxygens (including phenoxy) is 1. The third-order valence-corrected chi connectivity index (χ3v) is 3.05. The fraction of sp³-hybridized carbons (Fsp3) is 0.909. The van der Waals surface area contributed by atoms with Crippen LogP contribution in [-0.4, -0.2) is 56.4 Å². The summed E-state index contributed by atoms with van der Waals surface area (Å²) in [6, 6.07) is 0.520. The summed E-state index contributed by atoms with van der Waals surface area (Å²) in [4.78, 5) is 13.7. The fourth-order valence-corrected chi connectivity index (χ4v) is 1.88. The molecule has 2 fully saturated rings. The Bertz CT molecular complexity index is 243. The Hall–Kier alpha value is -0.810. The van der Waals surface area contributed by atoms with Crippen LogP contribution in [0.1, 0.15) is 19.3 Å². The molecule has 1 aliphatic heterocycles. The van der Waals surface area contributed by atoms with Gasteiger partial charge < -0.3 is 20.3 Å². The number of amides is 2. The number of nitrogens with zero attached hydrogens (tertiary/aromatic N) is 1. The van der Waals surface area contributed by atoms with Crippen LogP contribution in [0.3, 0.4) is 0 Å². The maximum absolute atomic E-state index is 11.8. The van der Waals surface area contributed by atoms with E-state index in [0.29, 0.717) is 19.2 Å². The summed E-state index contributed by atoms with van der Waals surface area (Å²) in [5.41, 5.74) is 0. The van der Waals surface area contributed by atoms with E-state index in [0.717, 1.165) is 32.4 Å². The second-order valence-electron chi connectivity index (χ2n) is 4.55. The fourth-order valence-electron chi connectivity index (χ4n) is 1.88. The van der Waals surface area contributed by atoms with Crippen LogP contribution in [-0.2, 0) is 4.74 Å². The highest BCUT2D eigenvalue weighted by molar-refractivity contribution is 5.75. The zero-order valence-electron chi connectivity index (χ0n) is 9.87. The van der Waals surface area contributed by atoms with Crippen molar-refractivity contribution in [2.75, 3.05) is 33.3 Å². The Kier molecular flexibility index (Phi) is 4.01. The predicted molar refractivity (Wildman–Crippen MR) is 61.4 cm³/mol. The number of carbonyl (C=O) groups excluding carboxylic acids is 1.